The minimum absolute atomic E-state index is 0.123. The molecule has 1 aromatic rings. The molecule has 1 rings (SSSR count). The molecule has 112 valence electrons. The van der Waals surface area contributed by atoms with Crippen LogP contribution < -0.4 is 10.6 Å². The molecule has 0 radical (unpaired) electrons. The van der Waals surface area contributed by atoms with Crippen LogP contribution in [0.15, 0.2) is 24.3 Å². The quantitative estimate of drug-likeness (QED) is 0.682. The first kappa shape index (κ1) is 16.5. The monoisotopic (exact) mass is 278 g/mol. The van der Waals surface area contributed by atoms with Crippen LogP contribution in [0.3, 0.4) is 0 Å². The van der Waals surface area contributed by atoms with Gasteiger partial charge in [0.1, 0.15) is 0 Å². The van der Waals surface area contributed by atoms with Gasteiger partial charge in [0.25, 0.3) is 0 Å². The normalized spacial score (nSPS) is 10.3. The van der Waals surface area contributed by atoms with Crippen LogP contribution in [-0.2, 0) is 11.3 Å². The smallest absolute Gasteiger partial charge is 0.315 e. The first-order valence-electron chi connectivity index (χ1n) is 7.38. The highest BCUT2D eigenvalue weighted by Crippen LogP contribution is 2.05. The van der Waals surface area contributed by atoms with Crippen molar-refractivity contribution >= 4 is 6.03 Å². The molecule has 20 heavy (non-hydrogen) atoms. The summed E-state index contributed by atoms with van der Waals surface area (Å²) in [6.07, 6.45) is 3.10. The molecule has 0 saturated carbocycles. The molecule has 2 N–H and O–H groups in total. The molecular formula is C16H26N2O2. The summed E-state index contributed by atoms with van der Waals surface area (Å²) in [4.78, 5) is 11.6. The highest BCUT2D eigenvalue weighted by atomic mass is 16.5. The molecule has 0 aliphatic carbocycles. The van der Waals surface area contributed by atoms with Gasteiger partial charge < -0.3 is 15.4 Å². The number of rotatable bonds is 9. The fourth-order valence-electron chi connectivity index (χ4n) is 1.77. The van der Waals surface area contributed by atoms with Crippen molar-refractivity contribution in [1.82, 2.24) is 10.6 Å². The summed E-state index contributed by atoms with van der Waals surface area (Å²) in [5, 5.41) is 5.69. The third kappa shape index (κ3) is 7.14. The Morgan fingerprint density at radius 1 is 1.15 bits per heavy atom. The van der Waals surface area contributed by atoms with E-state index in [2.05, 4.69) is 17.6 Å². The zero-order valence-corrected chi connectivity index (χ0v) is 12.6. The first-order chi connectivity index (χ1) is 9.74. The summed E-state index contributed by atoms with van der Waals surface area (Å²) in [6, 6.07) is 7.93. The summed E-state index contributed by atoms with van der Waals surface area (Å²) in [7, 11) is 0. The van der Waals surface area contributed by atoms with Crippen molar-refractivity contribution in [3.8, 4) is 0 Å². The van der Waals surface area contributed by atoms with Gasteiger partial charge in [0.15, 0.2) is 0 Å². The van der Waals surface area contributed by atoms with Crippen molar-refractivity contribution in [2.75, 3.05) is 19.8 Å². The highest BCUT2D eigenvalue weighted by Gasteiger charge is 2.01. The van der Waals surface area contributed by atoms with Gasteiger partial charge >= 0.3 is 6.03 Å². The van der Waals surface area contributed by atoms with E-state index in [1.165, 1.54) is 5.56 Å². The summed E-state index contributed by atoms with van der Waals surface area (Å²) in [5.41, 5.74) is 2.34. The molecule has 0 atom stereocenters. The molecule has 0 spiro atoms. The number of carbonyl (C=O) groups is 1. The SMILES string of the molecule is CCCCOCCCNC(=O)NCc1ccccc1C. The highest BCUT2D eigenvalue weighted by molar-refractivity contribution is 5.73. The van der Waals surface area contributed by atoms with Crippen LogP contribution in [0.1, 0.15) is 37.3 Å². The van der Waals surface area contributed by atoms with E-state index in [4.69, 9.17) is 4.74 Å². The number of aryl methyl sites for hydroxylation is 1. The van der Waals surface area contributed by atoms with Gasteiger partial charge in [0, 0.05) is 26.3 Å². The van der Waals surface area contributed by atoms with E-state index < -0.39 is 0 Å². The van der Waals surface area contributed by atoms with Gasteiger partial charge in [-0.1, -0.05) is 37.6 Å². The van der Waals surface area contributed by atoms with E-state index in [1.54, 1.807) is 0 Å². The number of urea groups is 1. The summed E-state index contributed by atoms with van der Waals surface area (Å²) in [6.45, 7) is 6.91. The lowest BCUT2D eigenvalue weighted by Crippen LogP contribution is -2.36. The number of nitrogens with one attached hydrogen (secondary N) is 2. The molecule has 4 heteroatoms. The Hall–Kier alpha value is -1.55. The van der Waals surface area contributed by atoms with Gasteiger partial charge in [-0.25, -0.2) is 4.79 Å². The van der Waals surface area contributed by atoms with E-state index >= 15 is 0 Å². The number of ether oxygens (including phenoxy) is 1. The minimum Gasteiger partial charge on any atom is -0.381 e. The van der Waals surface area contributed by atoms with Crippen LogP contribution in [0.4, 0.5) is 4.79 Å². The number of amides is 2. The third-order valence-electron chi connectivity index (χ3n) is 3.09. The predicted molar refractivity (Wildman–Crippen MR) is 81.8 cm³/mol. The maximum atomic E-state index is 11.6. The second-order valence-corrected chi connectivity index (χ2v) is 4.86. The number of unbranched alkanes of at least 4 members (excludes halogenated alkanes) is 1. The number of carbonyl (C=O) groups excluding carboxylic acids is 1. The third-order valence-corrected chi connectivity index (χ3v) is 3.09. The molecule has 0 unspecified atom stereocenters. The number of hydrogen-bond donors (Lipinski definition) is 2. The minimum atomic E-state index is -0.123. The number of benzene rings is 1. The van der Waals surface area contributed by atoms with Crippen molar-refractivity contribution in [2.45, 2.75) is 39.7 Å². The molecule has 0 bridgehead atoms. The molecule has 4 nitrogen and oxygen atoms in total. The average Bonchev–Trinajstić information content (AvgIpc) is 2.45. The maximum Gasteiger partial charge on any atom is 0.315 e. The van der Waals surface area contributed by atoms with Crippen molar-refractivity contribution in [3.05, 3.63) is 35.4 Å². The van der Waals surface area contributed by atoms with Crippen molar-refractivity contribution in [2.24, 2.45) is 0 Å². The summed E-state index contributed by atoms with van der Waals surface area (Å²) in [5.74, 6) is 0. The zero-order chi connectivity index (χ0) is 14.6. The topological polar surface area (TPSA) is 50.4 Å². The van der Waals surface area contributed by atoms with Crippen LogP contribution in [0.25, 0.3) is 0 Å². The summed E-state index contributed by atoms with van der Waals surface area (Å²) >= 11 is 0. The lowest BCUT2D eigenvalue weighted by molar-refractivity contribution is 0.129. The van der Waals surface area contributed by atoms with Crippen LogP contribution in [0, 0.1) is 6.92 Å². The second-order valence-electron chi connectivity index (χ2n) is 4.86. The largest absolute Gasteiger partial charge is 0.381 e. The van der Waals surface area contributed by atoms with Gasteiger partial charge in [-0.3, -0.25) is 0 Å². The van der Waals surface area contributed by atoms with Crippen molar-refractivity contribution < 1.29 is 9.53 Å². The van der Waals surface area contributed by atoms with E-state index in [0.29, 0.717) is 19.7 Å². The standard InChI is InChI=1S/C16H26N2O2/c1-3-4-11-20-12-7-10-17-16(19)18-13-15-9-6-5-8-14(15)2/h5-6,8-9H,3-4,7,10-13H2,1-2H3,(H2,17,18,19). The molecule has 0 fully saturated rings. The maximum absolute atomic E-state index is 11.6. The molecule has 0 saturated heterocycles. The molecule has 1 aromatic carbocycles. The van der Waals surface area contributed by atoms with Gasteiger partial charge in [0.2, 0.25) is 0 Å². The van der Waals surface area contributed by atoms with Crippen LogP contribution >= 0.6 is 0 Å². The van der Waals surface area contributed by atoms with Crippen LogP contribution in [0.2, 0.25) is 0 Å². The van der Waals surface area contributed by atoms with Crippen LogP contribution in [-0.4, -0.2) is 25.8 Å². The van der Waals surface area contributed by atoms with E-state index in [1.807, 2.05) is 31.2 Å². The van der Waals surface area contributed by atoms with E-state index in [9.17, 15) is 4.79 Å². The Kier molecular flexibility index (Phi) is 8.47. The second kappa shape index (κ2) is 10.3. The van der Waals surface area contributed by atoms with Gasteiger partial charge in [-0.05, 0) is 30.9 Å². The average molecular weight is 278 g/mol. The Balaban J connectivity index is 2.05. The molecule has 2 amide bonds. The summed E-state index contributed by atoms with van der Waals surface area (Å²) < 4.78 is 5.43. The Labute approximate surface area is 121 Å². The van der Waals surface area contributed by atoms with Crippen LogP contribution in [0.5, 0.6) is 0 Å². The van der Waals surface area contributed by atoms with Crippen molar-refractivity contribution in [3.63, 3.8) is 0 Å². The fourth-order valence-corrected chi connectivity index (χ4v) is 1.77. The lowest BCUT2D eigenvalue weighted by Gasteiger charge is -2.09. The molecule has 0 heterocycles. The fraction of sp³-hybridized carbons (Fsp3) is 0.562. The Morgan fingerprint density at radius 3 is 2.65 bits per heavy atom. The first-order valence-corrected chi connectivity index (χ1v) is 7.38. The molecular weight excluding hydrogens is 252 g/mol. The van der Waals surface area contributed by atoms with E-state index in [0.717, 1.165) is 31.4 Å². The lowest BCUT2D eigenvalue weighted by atomic mass is 10.1. The van der Waals surface area contributed by atoms with Gasteiger partial charge in [0.05, 0.1) is 0 Å². The zero-order valence-electron chi connectivity index (χ0n) is 12.6. The van der Waals surface area contributed by atoms with Gasteiger partial charge in [-0.15, -0.1) is 0 Å². The molecule has 0 aromatic heterocycles. The molecule has 0 aliphatic rings. The Morgan fingerprint density at radius 2 is 1.90 bits per heavy atom. The predicted octanol–water partition coefficient (Wildman–Crippen LogP) is 3.00. The van der Waals surface area contributed by atoms with Crippen molar-refractivity contribution in [1.29, 1.82) is 0 Å². The molecule has 0 aliphatic heterocycles. The van der Waals surface area contributed by atoms with Gasteiger partial charge in [-0.2, -0.15) is 0 Å². The number of hydrogen-bond acceptors (Lipinski definition) is 2. The Bertz CT molecular complexity index is 394. The van der Waals surface area contributed by atoms with E-state index in [-0.39, 0.29) is 6.03 Å².